The van der Waals surface area contributed by atoms with Crippen LogP contribution in [-0.4, -0.2) is 100 Å². The van der Waals surface area contributed by atoms with Gasteiger partial charge in [0.15, 0.2) is 12.5 Å². The molecule has 2 unspecified atom stereocenters. The minimum Gasteiger partial charge on any atom is -0.376 e. The number of urea groups is 3. The van der Waals surface area contributed by atoms with E-state index in [-0.39, 0.29) is 12.1 Å². The number of nitrogens with zero attached hydrogens (tertiary/aromatic N) is 2. The lowest BCUT2D eigenvalue weighted by Gasteiger charge is -2.15. The van der Waals surface area contributed by atoms with Gasteiger partial charge in [0.2, 0.25) is 0 Å². The smallest absolute Gasteiger partial charge is 0.328 e. The molecular formula is C12H24N6O7. The standard InChI is InChI=1S/C5H10N2O5.C4H8N2O.C3H6N2O/c8-1-6-3(10)4(11)7(2-9)5(6)12;7-4-5-2-1-3-6-4;6-3-4-1-2-5-3/h3-4,8-11H,1-2H2;1-3H2,(H2,5,6,7);1-2H2,(H2,4,5,6). The number of aliphatic hydroxyl groups excluding tert-OH is 4. The first-order valence-corrected chi connectivity index (χ1v) is 7.60. The van der Waals surface area contributed by atoms with E-state index in [1.807, 2.05) is 0 Å². The Bertz CT molecular complexity index is 431. The van der Waals surface area contributed by atoms with Crippen molar-refractivity contribution in [2.24, 2.45) is 0 Å². The van der Waals surface area contributed by atoms with E-state index in [1.165, 1.54) is 0 Å². The Hall–Kier alpha value is -2.35. The lowest BCUT2D eigenvalue weighted by Crippen LogP contribution is -2.42. The van der Waals surface area contributed by atoms with E-state index in [0.717, 1.165) is 32.6 Å². The molecule has 0 aliphatic carbocycles. The van der Waals surface area contributed by atoms with Crippen LogP contribution in [0.2, 0.25) is 0 Å². The van der Waals surface area contributed by atoms with Crippen LogP contribution in [-0.2, 0) is 0 Å². The van der Waals surface area contributed by atoms with Crippen molar-refractivity contribution in [2.75, 3.05) is 39.6 Å². The second-order valence-corrected chi connectivity index (χ2v) is 5.05. The van der Waals surface area contributed by atoms with E-state index in [0.29, 0.717) is 9.80 Å². The van der Waals surface area contributed by atoms with E-state index in [9.17, 15) is 14.4 Å². The Kier molecular flexibility index (Phi) is 8.69. The van der Waals surface area contributed by atoms with Gasteiger partial charge in [0.05, 0.1) is 0 Å². The summed E-state index contributed by atoms with van der Waals surface area (Å²) in [5.74, 6) is 0. The minimum atomic E-state index is -1.49. The molecule has 25 heavy (non-hydrogen) atoms. The largest absolute Gasteiger partial charge is 0.376 e. The number of rotatable bonds is 2. The number of hydrogen-bond donors (Lipinski definition) is 8. The lowest BCUT2D eigenvalue weighted by atomic mass is 10.4. The summed E-state index contributed by atoms with van der Waals surface area (Å²) in [5.41, 5.74) is 0. The Morgan fingerprint density at radius 2 is 1.12 bits per heavy atom. The van der Waals surface area contributed by atoms with Gasteiger partial charge >= 0.3 is 18.1 Å². The summed E-state index contributed by atoms with van der Waals surface area (Å²) >= 11 is 0. The van der Waals surface area contributed by atoms with Crippen molar-refractivity contribution in [3.8, 4) is 0 Å². The highest BCUT2D eigenvalue weighted by Gasteiger charge is 2.43. The van der Waals surface area contributed by atoms with Crippen LogP contribution in [0.15, 0.2) is 0 Å². The third kappa shape index (κ3) is 6.22. The van der Waals surface area contributed by atoms with Crippen molar-refractivity contribution in [1.29, 1.82) is 0 Å². The second kappa shape index (κ2) is 10.5. The predicted octanol–water partition coefficient (Wildman–Crippen LogP) is -3.75. The molecule has 0 aromatic heterocycles. The first kappa shape index (κ1) is 20.7. The topological polar surface area (TPSA) is 187 Å². The fraction of sp³-hybridized carbons (Fsp3) is 0.750. The van der Waals surface area contributed by atoms with Crippen LogP contribution in [0.4, 0.5) is 14.4 Å². The van der Waals surface area contributed by atoms with Gasteiger partial charge in [-0.2, -0.15) is 0 Å². The maximum atomic E-state index is 11.0. The maximum absolute atomic E-state index is 11.0. The highest BCUT2D eigenvalue weighted by molar-refractivity contribution is 5.77. The predicted molar refractivity (Wildman–Crippen MR) is 82.7 cm³/mol. The first-order valence-electron chi connectivity index (χ1n) is 7.60. The van der Waals surface area contributed by atoms with Gasteiger partial charge in [0.25, 0.3) is 0 Å². The van der Waals surface area contributed by atoms with Gasteiger partial charge in [-0.25, -0.2) is 14.4 Å². The maximum Gasteiger partial charge on any atom is 0.328 e. The summed E-state index contributed by atoms with van der Waals surface area (Å²) in [6.45, 7) is 1.80. The summed E-state index contributed by atoms with van der Waals surface area (Å²) < 4.78 is 0. The molecule has 3 fully saturated rings. The third-order valence-corrected chi connectivity index (χ3v) is 3.32. The Labute approximate surface area is 143 Å². The molecule has 8 N–H and O–H groups in total. The van der Waals surface area contributed by atoms with Crippen molar-refractivity contribution in [2.45, 2.75) is 18.9 Å². The highest BCUT2D eigenvalue weighted by Crippen LogP contribution is 2.17. The van der Waals surface area contributed by atoms with Crippen LogP contribution in [0.25, 0.3) is 0 Å². The van der Waals surface area contributed by atoms with Crippen molar-refractivity contribution in [3.05, 3.63) is 0 Å². The summed E-state index contributed by atoms with van der Waals surface area (Å²) in [4.78, 5) is 32.5. The number of nitrogens with one attached hydrogen (secondary N) is 4. The third-order valence-electron chi connectivity index (χ3n) is 3.32. The molecule has 0 radical (unpaired) electrons. The summed E-state index contributed by atoms with van der Waals surface area (Å²) in [6.07, 6.45) is -1.93. The second-order valence-electron chi connectivity index (χ2n) is 5.05. The molecule has 3 saturated heterocycles. The van der Waals surface area contributed by atoms with E-state index >= 15 is 0 Å². The van der Waals surface area contributed by atoms with Crippen molar-refractivity contribution >= 4 is 18.1 Å². The van der Waals surface area contributed by atoms with E-state index in [1.54, 1.807) is 0 Å². The van der Waals surface area contributed by atoms with Crippen LogP contribution in [0, 0.1) is 0 Å². The van der Waals surface area contributed by atoms with Gasteiger partial charge in [-0.05, 0) is 6.42 Å². The molecule has 3 aliphatic heterocycles. The summed E-state index contributed by atoms with van der Waals surface area (Å²) in [6, 6.07) is -0.888. The highest BCUT2D eigenvalue weighted by atomic mass is 16.4. The molecule has 3 rings (SSSR count). The van der Waals surface area contributed by atoms with Gasteiger partial charge in [-0.1, -0.05) is 0 Å². The fourth-order valence-electron chi connectivity index (χ4n) is 1.97. The average Bonchev–Trinajstić information content (AvgIpc) is 3.15. The van der Waals surface area contributed by atoms with Crippen LogP contribution < -0.4 is 21.3 Å². The van der Waals surface area contributed by atoms with E-state index < -0.39 is 31.9 Å². The summed E-state index contributed by atoms with van der Waals surface area (Å²) in [7, 11) is 0. The van der Waals surface area contributed by atoms with Gasteiger partial charge in [0.1, 0.15) is 13.5 Å². The molecule has 3 heterocycles. The van der Waals surface area contributed by atoms with Crippen molar-refractivity contribution < 1.29 is 34.8 Å². The average molecular weight is 364 g/mol. The molecule has 13 heteroatoms. The van der Waals surface area contributed by atoms with Crippen molar-refractivity contribution in [1.82, 2.24) is 31.1 Å². The van der Waals surface area contributed by atoms with Crippen molar-refractivity contribution in [3.63, 3.8) is 0 Å². The quantitative estimate of drug-likeness (QED) is 0.247. The molecule has 2 atom stereocenters. The van der Waals surface area contributed by atoms with Crippen LogP contribution in [0.3, 0.4) is 0 Å². The minimum absolute atomic E-state index is 0.0359. The Morgan fingerprint density at radius 3 is 1.32 bits per heavy atom. The fourth-order valence-corrected chi connectivity index (χ4v) is 1.97. The van der Waals surface area contributed by atoms with Crippen LogP contribution in [0.1, 0.15) is 6.42 Å². The molecule has 0 aromatic carbocycles. The number of hydrogen-bond acceptors (Lipinski definition) is 7. The van der Waals surface area contributed by atoms with E-state index in [2.05, 4.69) is 21.3 Å². The Balaban J connectivity index is 0.000000203. The molecule has 13 nitrogen and oxygen atoms in total. The number of carbonyl (C=O) groups excluding carboxylic acids is 3. The van der Waals surface area contributed by atoms with Gasteiger partial charge < -0.3 is 41.7 Å². The first-order chi connectivity index (χ1) is 11.9. The van der Waals surface area contributed by atoms with Gasteiger partial charge in [0, 0.05) is 26.2 Å². The van der Waals surface area contributed by atoms with E-state index in [4.69, 9.17) is 20.4 Å². The Morgan fingerprint density at radius 1 is 0.760 bits per heavy atom. The molecule has 6 amide bonds. The molecule has 144 valence electrons. The zero-order chi connectivity index (χ0) is 18.8. The normalized spacial score (nSPS) is 24.9. The number of aliphatic hydroxyl groups is 4. The number of carbonyl (C=O) groups is 3. The van der Waals surface area contributed by atoms with Crippen LogP contribution >= 0.6 is 0 Å². The zero-order valence-electron chi connectivity index (χ0n) is 13.5. The summed E-state index contributed by atoms with van der Waals surface area (Å²) in [5, 5.41) is 45.7. The van der Waals surface area contributed by atoms with Gasteiger partial charge in [-0.3, -0.25) is 9.80 Å². The molecule has 0 spiro atoms. The van der Waals surface area contributed by atoms with Gasteiger partial charge in [-0.15, -0.1) is 0 Å². The molecule has 0 aromatic rings. The molecule has 0 bridgehead atoms. The molecule has 0 saturated carbocycles. The SMILES string of the molecule is O=C1N(CO)C(O)C(O)N1CO.O=C1NCCCN1.O=C1NCCN1. The van der Waals surface area contributed by atoms with Crippen LogP contribution in [0.5, 0.6) is 0 Å². The lowest BCUT2D eigenvalue weighted by molar-refractivity contribution is -0.0924. The monoisotopic (exact) mass is 364 g/mol. The molecule has 3 aliphatic rings. The molecular weight excluding hydrogens is 340 g/mol. The number of amides is 6. The zero-order valence-corrected chi connectivity index (χ0v) is 13.5.